The van der Waals surface area contributed by atoms with Crippen LogP contribution < -0.4 is 16.0 Å². The van der Waals surface area contributed by atoms with E-state index in [-0.39, 0.29) is 12.3 Å². The number of allylic oxidation sites excluding steroid dienone is 1. The third kappa shape index (κ3) is 5.27. The monoisotopic (exact) mass is 406 g/mol. The molecule has 0 saturated carbocycles. The molecule has 6 nitrogen and oxygen atoms in total. The van der Waals surface area contributed by atoms with Gasteiger partial charge in [-0.3, -0.25) is 10.2 Å². The lowest BCUT2D eigenvalue weighted by Crippen LogP contribution is -2.32. The second kappa shape index (κ2) is 9.61. The maximum Gasteiger partial charge on any atom is 0.233 e. The van der Waals surface area contributed by atoms with E-state index in [1.165, 1.54) is 12.4 Å². The van der Waals surface area contributed by atoms with Crippen LogP contribution in [0.25, 0.3) is 5.57 Å². The summed E-state index contributed by atoms with van der Waals surface area (Å²) < 4.78 is 0. The number of carbonyl (C=O) groups excluding carboxylic acids is 1. The van der Waals surface area contributed by atoms with E-state index >= 15 is 0 Å². The number of amides is 1. The number of nitrogens with two attached hydrogens (primary N) is 2. The highest BCUT2D eigenvalue weighted by Crippen LogP contribution is 2.23. The molecule has 0 unspecified atom stereocenters. The third-order valence-electron chi connectivity index (χ3n) is 4.36. The number of halogens is 1. The van der Waals surface area contributed by atoms with Gasteiger partial charge in [0.2, 0.25) is 5.91 Å². The van der Waals surface area contributed by atoms with Crippen molar-refractivity contribution >= 4 is 35.0 Å². The summed E-state index contributed by atoms with van der Waals surface area (Å²) in [7, 11) is 0. The van der Waals surface area contributed by atoms with Gasteiger partial charge in [-0.05, 0) is 47.5 Å². The number of aromatic nitrogens is 2. The van der Waals surface area contributed by atoms with Crippen molar-refractivity contribution in [2.45, 2.75) is 13.0 Å². The van der Waals surface area contributed by atoms with E-state index in [9.17, 15) is 4.79 Å². The van der Waals surface area contributed by atoms with E-state index in [0.717, 1.165) is 16.8 Å². The zero-order valence-electron chi connectivity index (χ0n) is 15.7. The van der Waals surface area contributed by atoms with Crippen LogP contribution in [-0.4, -0.2) is 22.3 Å². The number of carbonyl (C=O) groups is 1. The minimum absolute atomic E-state index is 0.0989. The van der Waals surface area contributed by atoms with Crippen molar-refractivity contribution in [1.29, 1.82) is 0 Å². The van der Waals surface area contributed by atoms with E-state index < -0.39 is 0 Å². The molecule has 0 aliphatic heterocycles. The summed E-state index contributed by atoms with van der Waals surface area (Å²) in [5.74, 6) is -0.0989. The van der Waals surface area contributed by atoms with Gasteiger partial charge in [-0.15, -0.1) is 0 Å². The van der Waals surface area contributed by atoms with Crippen molar-refractivity contribution in [3.8, 4) is 0 Å². The lowest BCUT2D eigenvalue weighted by Gasteiger charge is -2.23. The van der Waals surface area contributed by atoms with Gasteiger partial charge in [0.25, 0.3) is 0 Å². The summed E-state index contributed by atoms with van der Waals surface area (Å²) >= 11 is 6.12. The highest BCUT2D eigenvalue weighted by atomic mass is 35.5. The van der Waals surface area contributed by atoms with Crippen molar-refractivity contribution in [3.05, 3.63) is 94.9 Å². The average Bonchev–Trinajstić information content (AvgIpc) is 2.74. The second-order valence-electron chi connectivity index (χ2n) is 6.34. The summed E-state index contributed by atoms with van der Waals surface area (Å²) in [4.78, 5) is 14.8. The summed E-state index contributed by atoms with van der Waals surface area (Å²) in [5, 5.41) is 14.1. The van der Waals surface area contributed by atoms with Crippen LogP contribution in [0, 0.1) is 0 Å². The molecule has 0 saturated heterocycles. The quantitative estimate of drug-likeness (QED) is 0.586. The van der Waals surface area contributed by atoms with Crippen LogP contribution in [0.1, 0.15) is 16.8 Å². The first-order valence-corrected chi connectivity index (χ1v) is 9.37. The largest absolute Gasteiger partial charge is 0.404 e. The highest BCUT2D eigenvalue weighted by molar-refractivity contribution is 6.30. The summed E-state index contributed by atoms with van der Waals surface area (Å²) in [5.41, 5.74) is 9.45. The lowest BCUT2D eigenvalue weighted by molar-refractivity contribution is -0.118. The molecule has 2 aromatic carbocycles. The number of benzene rings is 2. The van der Waals surface area contributed by atoms with Crippen LogP contribution in [0.15, 0.2) is 73.1 Å². The predicted octanol–water partition coefficient (Wildman–Crippen LogP) is 2.04. The fraction of sp³-hybridized carbons (Fsp3) is 0.0909. The maximum atomic E-state index is 13.1. The topological polar surface area (TPSA) is 97.7 Å². The van der Waals surface area contributed by atoms with E-state index in [4.69, 9.17) is 22.7 Å². The number of hydrogen-bond donors (Lipinski definition) is 2. The zero-order chi connectivity index (χ0) is 20.6. The Labute approximate surface area is 174 Å². The number of hydrogen-bond acceptors (Lipinski definition) is 4. The molecule has 7 heteroatoms. The lowest BCUT2D eigenvalue weighted by atomic mass is 10.1. The molecule has 4 N–H and O–H groups in total. The summed E-state index contributed by atoms with van der Waals surface area (Å²) in [6.07, 6.45) is 4.60. The normalized spacial score (nSPS) is 11.1. The van der Waals surface area contributed by atoms with Gasteiger partial charge >= 0.3 is 0 Å². The second-order valence-corrected chi connectivity index (χ2v) is 6.77. The third-order valence-corrected chi connectivity index (χ3v) is 4.60. The molecule has 146 valence electrons. The van der Waals surface area contributed by atoms with Gasteiger partial charge in [-0.2, -0.15) is 10.2 Å². The van der Waals surface area contributed by atoms with E-state index in [1.54, 1.807) is 29.3 Å². The highest BCUT2D eigenvalue weighted by Gasteiger charge is 2.18. The number of anilines is 1. The number of rotatable bonds is 7. The predicted molar refractivity (Wildman–Crippen MR) is 115 cm³/mol. The van der Waals surface area contributed by atoms with Crippen LogP contribution in [0.2, 0.25) is 5.02 Å². The molecule has 1 aromatic heterocycles. The molecular weight excluding hydrogens is 386 g/mol. The maximum absolute atomic E-state index is 13.1. The molecular formula is C22H21ClN5O+. The van der Waals surface area contributed by atoms with Gasteiger partial charge in [0.05, 0.1) is 24.2 Å². The smallest absolute Gasteiger partial charge is 0.233 e. The Kier molecular flexibility index (Phi) is 6.71. The summed E-state index contributed by atoms with van der Waals surface area (Å²) in [6.45, 7) is 0.377. The molecule has 0 fully saturated rings. The van der Waals surface area contributed by atoms with Crippen LogP contribution in [0.3, 0.4) is 0 Å². The van der Waals surface area contributed by atoms with Crippen molar-refractivity contribution in [2.75, 3.05) is 4.90 Å². The van der Waals surface area contributed by atoms with Crippen LogP contribution in [-0.2, 0) is 17.8 Å². The Balaban J connectivity index is 1.91. The van der Waals surface area contributed by atoms with Crippen LogP contribution >= 0.6 is 11.6 Å². The Morgan fingerprint density at radius 3 is 2.55 bits per heavy atom. The molecule has 0 aliphatic rings. The molecule has 0 bridgehead atoms. The van der Waals surface area contributed by atoms with Crippen molar-refractivity contribution in [2.24, 2.45) is 5.73 Å². The zero-order valence-corrected chi connectivity index (χ0v) is 16.5. The van der Waals surface area contributed by atoms with Crippen molar-refractivity contribution in [3.63, 3.8) is 0 Å². The molecule has 1 heterocycles. The molecule has 1 amide bonds. The first kappa shape index (κ1) is 20.2. The molecule has 3 rings (SSSR count). The van der Waals surface area contributed by atoms with Gasteiger partial charge in [0, 0.05) is 23.1 Å². The first-order chi connectivity index (χ1) is 14.1. The van der Waals surface area contributed by atoms with Gasteiger partial charge in [-0.1, -0.05) is 35.9 Å². The van der Waals surface area contributed by atoms with Gasteiger partial charge in [0.15, 0.2) is 6.21 Å². The van der Waals surface area contributed by atoms with E-state index in [0.29, 0.717) is 22.8 Å². The Morgan fingerprint density at radius 1 is 1.14 bits per heavy atom. The SMILES string of the molecule is N/C=C(\C=[NH2+])c1ccc(N(Cc2cccc(Cl)c2)C(=O)Cc2cccnn2)cc1. The van der Waals surface area contributed by atoms with Crippen LogP contribution in [0.5, 0.6) is 0 Å². The molecule has 3 aromatic rings. The van der Waals surface area contributed by atoms with Gasteiger partial charge in [-0.25, -0.2) is 0 Å². The first-order valence-electron chi connectivity index (χ1n) is 8.99. The Bertz CT molecular complexity index is 1020. The molecule has 0 aliphatic carbocycles. The molecule has 0 spiro atoms. The van der Waals surface area contributed by atoms with Crippen LogP contribution in [0.4, 0.5) is 5.69 Å². The van der Waals surface area contributed by atoms with E-state index in [1.807, 2.05) is 42.5 Å². The minimum Gasteiger partial charge on any atom is -0.404 e. The molecule has 0 atom stereocenters. The number of nitrogens with zero attached hydrogens (tertiary/aromatic N) is 3. The van der Waals surface area contributed by atoms with Crippen molar-refractivity contribution in [1.82, 2.24) is 10.2 Å². The fourth-order valence-electron chi connectivity index (χ4n) is 2.90. The fourth-order valence-corrected chi connectivity index (χ4v) is 3.11. The van der Waals surface area contributed by atoms with Gasteiger partial charge in [0.1, 0.15) is 0 Å². The molecule has 29 heavy (non-hydrogen) atoms. The van der Waals surface area contributed by atoms with Gasteiger partial charge < -0.3 is 10.6 Å². The van der Waals surface area contributed by atoms with Crippen molar-refractivity contribution < 1.29 is 10.2 Å². The minimum atomic E-state index is -0.0989. The Morgan fingerprint density at radius 2 is 1.93 bits per heavy atom. The van der Waals surface area contributed by atoms with E-state index in [2.05, 4.69) is 10.2 Å². The standard InChI is InChI=1S/C22H20ClN5O/c23-19-4-1-3-16(11-19)15-28(22(29)12-20-5-2-10-26-27-20)21-8-6-17(7-9-21)18(13-24)14-25/h1-11,13-14,24H,12,15,25H2/p+1/b18-14+,24-13?. The summed E-state index contributed by atoms with van der Waals surface area (Å²) in [6, 6.07) is 18.4. The molecule has 0 radical (unpaired) electrons. The Hall–Kier alpha value is -3.51. The average molecular weight is 407 g/mol.